The van der Waals surface area contributed by atoms with E-state index in [1.54, 1.807) is 23.5 Å². The van der Waals surface area contributed by atoms with E-state index in [1.807, 2.05) is 6.07 Å². The molecular weight excluding hydrogens is 399 g/mol. The molecule has 1 aliphatic heterocycles. The summed E-state index contributed by atoms with van der Waals surface area (Å²) in [5, 5.41) is 8.56. The van der Waals surface area contributed by atoms with Crippen molar-refractivity contribution >= 4 is 45.4 Å². The van der Waals surface area contributed by atoms with Gasteiger partial charge in [-0.05, 0) is 48.3 Å². The first-order valence-corrected chi connectivity index (χ1v) is 11.0. The fraction of sp³-hybridized carbons (Fsp3) is 0.476. The van der Waals surface area contributed by atoms with E-state index in [4.69, 9.17) is 23.2 Å². The van der Waals surface area contributed by atoms with Crippen molar-refractivity contribution in [2.75, 3.05) is 5.32 Å². The lowest BCUT2D eigenvalue weighted by molar-refractivity contribution is 0.0934. The lowest BCUT2D eigenvalue weighted by atomic mass is 9.69. The normalized spacial score (nSPS) is 21.9. The minimum absolute atomic E-state index is 0.0320. The van der Waals surface area contributed by atoms with E-state index < -0.39 is 6.17 Å². The maximum absolute atomic E-state index is 12.9. The van der Waals surface area contributed by atoms with Crippen molar-refractivity contribution < 1.29 is 4.79 Å². The Balaban J connectivity index is 1.67. The molecule has 0 bridgehead atoms. The number of amides is 1. The molecule has 1 amide bonds. The van der Waals surface area contributed by atoms with Gasteiger partial charge in [0.15, 0.2) is 0 Å². The Morgan fingerprint density at radius 3 is 2.59 bits per heavy atom. The smallest absolute Gasteiger partial charge is 0.256 e. The van der Waals surface area contributed by atoms with Crippen molar-refractivity contribution in [3.05, 3.63) is 49.8 Å². The molecule has 0 spiro atoms. The molecule has 2 atom stereocenters. The molecular formula is C21H24Cl2N2OS. The Morgan fingerprint density at radius 2 is 1.93 bits per heavy atom. The highest BCUT2D eigenvalue weighted by Crippen LogP contribution is 2.47. The van der Waals surface area contributed by atoms with Crippen LogP contribution in [0, 0.1) is 11.3 Å². The number of benzene rings is 1. The van der Waals surface area contributed by atoms with Crippen LogP contribution in [-0.2, 0) is 12.8 Å². The number of rotatable bonds is 3. The number of hydrogen-bond acceptors (Lipinski definition) is 3. The van der Waals surface area contributed by atoms with Crippen molar-refractivity contribution in [2.24, 2.45) is 11.3 Å². The molecule has 6 heteroatoms. The predicted molar refractivity (Wildman–Crippen MR) is 114 cm³/mol. The predicted octanol–water partition coefficient (Wildman–Crippen LogP) is 6.45. The summed E-state index contributed by atoms with van der Waals surface area (Å²) in [4.78, 5) is 14.3. The van der Waals surface area contributed by atoms with Gasteiger partial charge < -0.3 is 10.6 Å². The molecule has 0 radical (unpaired) electrons. The molecule has 2 unspecified atom stereocenters. The van der Waals surface area contributed by atoms with E-state index in [2.05, 4.69) is 31.4 Å². The molecule has 2 heterocycles. The third-order valence-corrected chi connectivity index (χ3v) is 8.19. The van der Waals surface area contributed by atoms with Gasteiger partial charge in [-0.15, -0.1) is 11.3 Å². The van der Waals surface area contributed by atoms with Gasteiger partial charge in [-0.1, -0.05) is 56.5 Å². The van der Waals surface area contributed by atoms with Crippen LogP contribution in [0.2, 0.25) is 10.0 Å². The quantitative estimate of drug-likeness (QED) is 0.596. The van der Waals surface area contributed by atoms with Crippen LogP contribution in [0.1, 0.15) is 66.1 Å². The zero-order valence-corrected chi connectivity index (χ0v) is 18.1. The summed E-state index contributed by atoms with van der Waals surface area (Å²) in [5.41, 5.74) is 3.09. The SMILES string of the molecule is CCC(C)(C)C1CCc2c(sc3c2C(=O)NC(c2c(Cl)cccc2Cl)N3)C1. The first-order valence-electron chi connectivity index (χ1n) is 9.47. The molecule has 0 saturated carbocycles. The highest BCUT2D eigenvalue weighted by molar-refractivity contribution is 7.16. The second-order valence-electron chi connectivity index (χ2n) is 8.18. The minimum atomic E-state index is -0.408. The topological polar surface area (TPSA) is 41.1 Å². The van der Waals surface area contributed by atoms with Crippen LogP contribution in [-0.4, -0.2) is 5.91 Å². The van der Waals surface area contributed by atoms with Crippen LogP contribution in [0.3, 0.4) is 0 Å². The number of thiophene rings is 1. The number of anilines is 1. The van der Waals surface area contributed by atoms with Crippen LogP contribution in [0.5, 0.6) is 0 Å². The van der Waals surface area contributed by atoms with E-state index in [-0.39, 0.29) is 5.91 Å². The zero-order chi connectivity index (χ0) is 19.3. The summed E-state index contributed by atoms with van der Waals surface area (Å²) >= 11 is 14.4. The molecule has 1 aromatic heterocycles. The van der Waals surface area contributed by atoms with Crippen molar-refractivity contribution in [3.8, 4) is 0 Å². The zero-order valence-electron chi connectivity index (χ0n) is 15.8. The Kier molecular flexibility index (Phi) is 4.94. The average molecular weight is 423 g/mol. The van der Waals surface area contributed by atoms with E-state index in [0.717, 1.165) is 35.4 Å². The number of hydrogen-bond donors (Lipinski definition) is 2. The molecule has 27 heavy (non-hydrogen) atoms. The lowest BCUT2D eigenvalue weighted by Crippen LogP contribution is -2.38. The molecule has 0 fully saturated rings. The Bertz CT molecular complexity index is 886. The largest absolute Gasteiger partial charge is 0.353 e. The first kappa shape index (κ1) is 19.1. The fourth-order valence-electron chi connectivity index (χ4n) is 4.18. The number of halogens is 2. The summed E-state index contributed by atoms with van der Waals surface area (Å²) in [6.45, 7) is 6.98. The molecule has 0 saturated heterocycles. The van der Waals surface area contributed by atoms with Gasteiger partial charge in [0, 0.05) is 20.5 Å². The van der Waals surface area contributed by atoms with E-state index in [0.29, 0.717) is 21.4 Å². The van der Waals surface area contributed by atoms with Crippen molar-refractivity contribution in [1.82, 2.24) is 5.32 Å². The number of carbonyl (C=O) groups excluding carboxylic acids is 1. The average Bonchev–Trinajstić information content (AvgIpc) is 2.99. The molecule has 3 nitrogen and oxygen atoms in total. The molecule has 1 aromatic carbocycles. The third kappa shape index (κ3) is 3.26. The number of nitrogens with one attached hydrogen (secondary N) is 2. The van der Waals surface area contributed by atoms with Crippen LogP contribution in [0.25, 0.3) is 0 Å². The van der Waals surface area contributed by atoms with E-state index in [9.17, 15) is 4.79 Å². The van der Waals surface area contributed by atoms with Gasteiger partial charge in [-0.2, -0.15) is 0 Å². The van der Waals surface area contributed by atoms with Crippen LogP contribution >= 0.6 is 34.5 Å². The van der Waals surface area contributed by atoms with Gasteiger partial charge in [0.25, 0.3) is 5.91 Å². The molecule has 2 N–H and O–H groups in total. The van der Waals surface area contributed by atoms with Crippen LogP contribution < -0.4 is 10.6 Å². The maximum atomic E-state index is 12.9. The molecule has 144 valence electrons. The molecule has 2 aromatic rings. The lowest BCUT2D eigenvalue weighted by Gasteiger charge is -2.36. The highest BCUT2D eigenvalue weighted by Gasteiger charge is 2.37. The summed E-state index contributed by atoms with van der Waals surface area (Å²) in [5.74, 6) is 0.627. The summed E-state index contributed by atoms with van der Waals surface area (Å²) in [6.07, 6.45) is 3.94. The van der Waals surface area contributed by atoms with Gasteiger partial charge >= 0.3 is 0 Å². The van der Waals surface area contributed by atoms with E-state index >= 15 is 0 Å². The van der Waals surface area contributed by atoms with Gasteiger partial charge in [0.2, 0.25) is 0 Å². The molecule has 1 aliphatic carbocycles. The molecule has 4 rings (SSSR count). The summed E-state index contributed by atoms with van der Waals surface area (Å²) in [6, 6.07) is 5.40. The van der Waals surface area contributed by atoms with Gasteiger partial charge in [0.1, 0.15) is 11.2 Å². The minimum Gasteiger partial charge on any atom is -0.353 e. The fourth-order valence-corrected chi connectivity index (χ4v) is 6.15. The number of fused-ring (bicyclic) bond motifs is 3. The maximum Gasteiger partial charge on any atom is 0.256 e. The second-order valence-corrected chi connectivity index (χ2v) is 10.1. The number of carbonyl (C=O) groups is 1. The standard InChI is InChI=1S/C21H24Cl2N2OS/c1-4-21(2,3)11-8-9-12-15(10-11)27-20-16(12)19(26)24-18(25-20)17-13(22)6-5-7-14(17)23/h5-7,11,18,25H,4,8-10H2,1-3H3,(H,24,26). The Morgan fingerprint density at radius 1 is 1.22 bits per heavy atom. The summed E-state index contributed by atoms with van der Waals surface area (Å²) in [7, 11) is 0. The van der Waals surface area contributed by atoms with Gasteiger partial charge in [-0.25, -0.2) is 0 Å². The van der Waals surface area contributed by atoms with Crippen LogP contribution in [0.4, 0.5) is 5.00 Å². The monoisotopic (exact) mass is 422 g/mol. The second kappa shape index (κ2) is 6.98. The third-order valence-electron chi connectivity index (χ3n) is 6.35. The van der Waals surface area contributed by atoms with Crippen molar-refractivity contribution in [1.29, 1.82) is 0 Å². The van der Waals surface area contributed by atoms with Gasteiger partial charge in [-0.3, -0.25) is 4.79 Å². The molecule has 2 aliphatic rings. The van der Waals surface area contributed by atoms with Crippen molar-refractivity contribution in [2.45, 2.75) is 52.6 Å². The first-order chi connectivity index (χ1) is 12.8. The Labute approximate surface area is 174 Å². The Hall–Kier alpha value is -1.23. The summed E-state index contributed by atoms with van der Waals surface area (Å²) < 4.78 is 0. The van der Waals surface area contributed by atoms with Crippen LogP contribution in [0.15, 0.2) is 18.2 Å². The van der Waals surface area contributed by atoms with Gasteiger partial charge in [0.05, 0.1) is 5.56 Å². The van der Waals surface area contributed by atoms with Crippen molar-refractivity contribution in [3.63, 3.8) is 0 Å². The highest BCUT2D eigenvalue weighted by atomic mass is 35.5. The van der Waals surface area contributed by atoms with E-state index in [1.165, 1.54) is 16.9 Å².